The van der Waals surface area contributed by atoms with Gasteiger partial charge in [0.15, 0.2) is 11.6 Å². The molecule has 6 nitrogen and oxygen atoms in total. The Morgan fingerprint density at radius 3 is 2.59 bits per heavy atom. The van der Waals surface area contributed by atoms with Crippen LogP contribution in [0.3, 0.4) is 0 Å². The van der Waals surface area contributed by atoms with Crippen LogP contribution in [0, 0.1) is 17.2 Å². The first kappa shape index (κ1) is 23.0. The Balaban J connectivity index is 1.34. The lowest BCUT2D eigenvalue weighted by molar-refractivity contribution is -0.0361. The molecule has 2 aromatic carbocycles. The molecule has 0 radical (unpaired) electrons. The summed E-state index contributed by atoms with van der Waals surface area (Å²) in [6.07, 6.45) is 1.78. The second-order valence-electron chi connectivity index (χ2n) is 10.3. The Morgan fingerprint density at radius 2 is 1.91 bits per heavy atom. The van der Waals surface area contributed by atoms with Gasteiger partial charge >= 0.3 is 6.09 Å². The van der Waals surface area contributed by atoms with Crippen LogP contribution in [-0.4, -0.2) is 49.9 Å². The summed E-state index contributed by atoms with van der Waals surface area (Å²) >= 11 is 0. The zero-order valence-corrected chi connectivity index (χ0v) is 20.1. The molecule has 4 aliphatic rings. The van der Waals surface area contributed by atoms with Crippen LogP contribution in [0.15, 0.2) is 36.4 Å². The molecule has 34 heavy (non-hydrogen) atoms. The third-order valence-electron chi connectivity index (χ3n) is 7.39. The second kappa shape index (κ2) is 9.10. The van der Waals surface area contributed by atoms with Crippen LogP contribution < -0.4 is 14.8 Å². The van der Waals surface area contributed by atoms with Crippen molar-refractivity contribution in [3.05, 3.63) is 47.8 Å². The molecule has 7 heteroatoms. The summed E-state index contributed by atoms with van der Waals surface area (Å²) in [6.45, 7) is 9.87. The van der Waals surface area contributed by atoms with Crippen LogP contribution in [0.5, 0.6) is 11.5 Å². The third kappa shape index (κ3) is 4.45. The maximum atomic E-state index is 14.4. The summed E-state index contributed by atoms with van der Waals surface area (Å²) in [5, 5.41) is 3.13. The number of amides is 1. The van der Waals surface area contributed by atoms with E-state index in [2.05, 4.69) is 24.1 Å². The lowest BCUT2D eigenvalue weighted by Gasteiger charge is -2.44. The van der Waals surface area contributed by atoms with E-state index in [1.54, 1.807) is 6.07 Å². The Labute approximate surface area is 200 Å². The van der Waals surface area contributed by atoms with E-state index < -0.39 is 5.82 Å². The number of hydrogen-bond donors (Lipinski definition) is 1. The summed E-state index contributed by atoms with van der Waals surface area (Å²) in [5.41, 5.74) is 2.17. The van der Waals surface area contributed by atoms with Crippen molar-refractivity contribution in [2.24, 2.45) is 11.3 Å². The minimum atomic E-state index is -0.394. The maximum absolute atomic E-state index is 14.4. The Hall–Kier alpha value is -2.80. The topological polar surface area (TPSA) is 60.0 Å². The highest BCUT2D eigenvalue weighted by atomic mass is 19.1. The zero-order valence-electron chi connectivity index (χ0n) is 20.1. The number of carbonyl (C=O) groups is 1. The van der Waals surface area contributed by atoms with E-state index in [1.807, 2.05) is 31.2 Å². The smallest absolute Gasteiger partial charge is 0.407 e. The fraction of sp³-hybridized carbons (Fsp3) is 0.519. The second-order valence-corrected chi connectivity index (χ2v) is 10.3. The normalized spacial score (nSPS) is 26.8. The highest BCUT2D eigenvalue weighted by molar-refractivity contribution is 5.70. The molecular formula is C27H33FN2O4. The summed E-state index contributed by atoms with van der Waals surface area (Å²) in [7, 11) is 0. The van der Waals surface area contributed by atoms with Crippen LogP contribution >= 0.6 is 0 Å². The highest BCUT2D eigenvalue weighted by Gasteiger charge is 2.41. The van der Waals surface area contributed by atoms with Crippen LogP contribution in [0.1, 0.15) is 45.2 Å². The number of piperidine rings is 3. The number of nitrogens with zero attached hydrogens (tertiary/aromatic N) is 1. The van der Waals surface area contributed by atoms with Gasteiger partial charge in [0.05, 0.1) is 19.3 Å². The number of fused-ring (bicyclic) bond motifs is 4. The van der Waals surface area contributed by atoms with Gasteiger partial charge < -0.3 is 19.5 Å². The van der Waals surface area contributed by atoms with E-state index in [9.17, 15) is 9.18 Å². The molecule has 1 unspecified atom stereocenters. The van der Waals surface area contributed by atoms with E-state index in [-0.39, 0.29) is 29.4 Å². The summed E-state index contributed by atoms with van der Waals surface area (Å²) < 4.78 is 31.7. The molecule has 0 aromatic heterocycles. The minimum absolute atomic E-state index is 0.0399. The van der Waals surface area contributed by atoms with Crippen molar-refractivity contribution >= 4 is 6.09 Å². The van der Waals surface area contributed by atoms with Crippen molar-refractivity contribution in [3.63, 3.8) is 0 Å². The van der Waals surface area contributed by atoms with Gasteiger partial charge in [-0.3, -0.25) is 4.90 Å². The van der Waals surface area contributed by atoms with Gasteiger partial charge in [0.1, 0.15) is 11.9 Å². The van der Waals surface area contributed by atoms with Crippen molar-refractivity contribution in [2.75, 3.05) is 32.8 Å². The summed E-state index contributed by atoms with van der Waals surface area (Å²) in [4.78, 5) is 15.3. The third-order valence-corrected chi connectivity index (χ3v) is 7.39. The van der Waals surface area contributed by atoms with Crippen LogP contribution in [0.25, 0.3) is 11.1 Å². The van der Waals surface area contributed by atoms with E-state index in [0.717, 1.165) is 49.2 Å². The zero-order chi connectivity index (χ0) is 23.9. The molecule has 4 heterocycles. The molecule has 4 aliphatic heterocycles. The van der Waals surface area contributed by atoms with Gasteiger partial charge in [0.25, 0.3) is 0 Å². The Morgan fingerprint density at radius 1 is 1.18 bits per heavy atom. The van der Waals surface area contributed by atoms with Crippen LogP contribution in [0.2, 0.25) is 0 Å². The standard InChI is InChI=1S/C27H33FN2O4/c1-4-32-22-8-6-18(13-21(22)28)19-5-7-20-23(14-19)33-16-27(2,3)25(20)29-26(31)34-24-15-30-11-9-17(24)10-12-30/h5-8,13-14,17,24-25H,4,9-12,15-16H2,1-3H3,(H,29,31)/t24-,25?/m0/s1. The van der Waals surface area contributed by atoms with E-state index in [1.165, 1.54) is 6.07 Å². The molecule has 3 fully saturated rings. The molecule has 0 aliphatic carbocycles. The Bertz CT molecular complexity index is 1060. The van der Waals surface area contributed by atoms with Crippen LogP contribution in [-0.2, 0) is 4.74 Å². The van der Waals surface area contributed by atoms with E-state index >= 15 is 0 Å². The Kier molecular flexibility index (Phi) is 6.15. The van der Waals surface area contributed by atoms with Crippen molar-refractivity contribution < 1.29 is 23.4 Å². The van der Waals surface area contributed by atoms with Gasteiger partial charge in [-0.05, 0) is 68.1 Å². The molecule has 2 bridgehead atoms. The molecule has 3 saturated heterocycles. The number of rotatable bonds is 5. The van der Waals surface area contributed by atoms with Gasteiger partial charge in [-0.15, -0.1) is 0 Å². The SMILES string of the molecule is CCOc1ccc(-c2ccc3c(c2)OCC(C)(C)C3NC(=O)O[C@H]2CN3CCC2CC3)cc1F. The molecule has 182 valence electrons. The van der Waals surface area contributed by atoms with Gasteiger partial charge in [0, 0.05) is 17.5 Å². The number of carbonyl (C=O) groups excluding carboxylic acids is 1. The average Bonchev–Trinajstić information content (AvgIpc) is 2.83. The van der Waals surface area contributed by atoms with Gasteiger partial charge in [-0.1, -0.05) is 32.0 Å². The number of hydrogen-bond acceptors (Lipinski definition) is 5. The predicted molar refractivity (Wildman–Crippen MR) is 128 cm³/mol. The maximum Gasteiger partial charge on any atom is 0.407 e. The van der Waals surface area contributed by atoms with Gasteiger partial charge in [-0.25, -0.2) is 9.18 Å². The van der Waals surface area contributed by atoms with E-state index in [0.29, 0.717) is 24.9 Å². The molecule has 6 rings (SSSR count). The van der Waals surface area contributed by atoms with E-state index in [4.69, 9.17) is 14.2 Å². The molecule has 0 spiro atoms. The number of halogens is 1. The quantitative estimate of drug-likeness (QED) is 0.656. The van der Waals surface area contributed by atoms with Crippen molar-refractivity contribution in [1.82, 2.24) is 10.2 Å². The minimum Gasteiger partial charge on any atom is -0.493 e. The first-order valence-electron chi connectivity index (χ1n) is 12.2. The van der Waals surface area contributed by atoms with Gasteiger partial charge in [-0.2, -0.15) is 0 Å². The summed E-state index contributed by atoms with van der Waals surface area (Å²) in [5.74, 6) is 1.00. The molecule has 1 N–H and O–H groups in total. The first-order valence-corrected chi connectivity index (χ1v) is 12.2. The van der Waals surface area contributed by atoms with Crippen molar-refractivity contribution in [1.29, 1.82) is 0 Å². The fourth-order valence-corrected chi connectivity index (χ4v) is 5.41. The van der Waals surface area contributed by atoms with Crippen molar-refractivity contribution in [2.45, 2.75) is 45.8 Å². The monoisotopic (exact) mass is 468 g/mol. The highest BCUT2D eigenvalue weighted by Crippen LogP contribution is 2.44. The predicted octanol–water partition coefficient (Wildman–Crippen LogP) is 5.17. The van der Waals surface area contributed by atoms with Gasteiger partial charge in [0.2, 0.25) is 0 Å². The summed E-state index contributed by atoms with van der Waals surface area (Å²) in [6, 6.07) is 10.5. The lowest BCUT2D eigenvalue weighted by atomic mass is 9.78. The largest absolute Gasteiger partial charge is 0.493 e. The van der Waals surface area contributed by atoms with Crippen molar-refractivity contribution in [3.8, 4) is 22.6 Å². The lowest BCUT2D eigenvalue weighted by Crippen LogP contribution is -2.53. The number of alkyl carbamates (subject to hydrolysis) is 1. The van der Waals surface area contributed by atoms with Crippen LogP contribution in [0.4, 0.5) is 9.18 Å². The number of nitrogens with one attached hydrogen (secondary N) is 1. The molecule has 0 saturated carbocycles. The first-order chi connectivity index (χ1) is 16.3. The number of benzene rings is 2. The number of ether oxygens (including phenoxy) is 3. The molecule has 2 aromatic rings. The fourth-order valence-electron chi connectivity index (χ4n) is 5.41. The average molecular weight is 469 g/mol. The molecule has 2 atom stereocenters. The molecular weight excluding hydrogens is 435 g/mol. The molecule has 1 amide bonds.